The highest BCUT2D eigenvalue weighted by atomic mass is 35.5. The molecule has 34 heavy (non-hydrogen) atoms. The number of carbonyl (C=O) groups is 1. The molecule has 0 radical (unpaired) electrons. The molecule has 0 bridgehead atoms. The minimum absolute atomic E-state index is 0.188. The zero-order valence-electron chi connectivity index (χ0n) is 17.9. The maximum Gasteiger partial charge on any atom is 0.573 e. The fourth-order valence-electron chi connectivity index (χ4n) is 3.57. The van der Waals surface area contributed by atoms with Crippen molar-refractivity contribution in [2.45, 2.75) is 19.5 Å². The Labute approximate surface area is 199 Å². The van der Waals surface area contributed by atoms with Gasteiger partial charge in [0.15, 0.2) is 0 Å². The van der Waals surface area contributed by atoms with Crippen LogP contribution >= 0.6 is 11.6 Å². The third kappa shape index (κ3) is 5.99. The Bertz CT molecular complexity index is 1240. The summed E-state index contributed by atoms with van der Waals surface area (Å²) in [5.41, 5.74) is 2.76. The standard InChI is InChI=1S/C26H20ClF3N2O2/c27-21-11-7-19(8-12-21)17-32(18-20-9-13-22(14-10-20)34-26(28,29)30)25(33)23-5-1-2-6-24(23)31-15-3-4-16-31/h1-16H,17-18H2. The van der Waals surface area contributed by atoms with E-state index in [9.17, 15) is 18.0 Å². The molecular formula is C26H20ClF3N2O2. The normalized spacial score (nSPS) is 11.3. The van der Waals surface area contributed by atoms with Crippen LogP contribution in [0.5, 0.6) is 5.75 Å². The number of halogens is 4. The molecule has 1 aromatic heterocycles. The van der Waals surface area contributed by atoms with Crippen LogP contribution in [0.4, 0.5) is 13.2 Å². The second-order valence-electron chi connectivity index (χ2n) is 7.59. The van der Waals surface area contributed by atoms with E-state index in [4.69, 9.17) is 11.6 Å². The van der Waals surface area contributed by atoms with Crippen molar-refractivity contribution in [3.8, 4) is 11.4 Å². The molecule has 4 aromatic rings. The van der Waals surface area contributed by atoms with Crippen LogP contribution < -0.4 is 4.74 Å². The smallest absolute Gasteiger partial charge is 0.406 e. The molecule has 1 amide bonds. The quantitative estimate of drug-likeness (QED) is 0.287. The molecule has 4 nitrogen and oxygen atoms in total. The van der Waals surface area contributed by atoms with Gasteiger partial charge >= 0.3 is 6.36 Å². The van der Waals surface area contributed by atoms with Gasteiger partial charge in [-0.05, 0) is 59.7 Å². The molecule has 0 atom stereocenters. The van der Waals surface area contributed by atoms with E-state index in [1.165, 1.54) is 24.3 Å². The molecule has 174 valence electrons. The largest absolute Gasteiger partial charge is 0.573 e. The molecule has 0 aliphatic heterocycles. The van der Waals surface area contributed by atoms with Crippen LogP contribution in [0.1, 0.15) is 21.5 Å². The van der Waals surface area contributed by atoms with E-state index in [0.717, 1.165) is 11.3 Å². The van der Waals surface area contributed by atoms with E-state index < -0.39 is 6.36 Å². The lowest BCUT2D eigenvalue weighted by Gasteiger charge is -2.25. The van der Waals surface area contributed by atoms with E-state index in [0.29, 0.717) is 16.1 Å². The van der Waals surface area contributed by atoms with Crippen molar-refractivity contribution in [1.29, 1.82) is 0 Å². The van der Waals surface area contributed by atoms with Crippen molar-refractivity contribution in [2.24, 2.45) is 0 Å². The van der Waals surface area contributed by atoms with Crippen molar-refractivity contribution in [3.63, 3.8) is 0 Å². The topological polar surface area (TPSA) is 34.5 Å². The molecule has 1 heterocycles. The average molecular weight is 485 g/mol. The van der Waals surface area contributed by atoms with Gasteiger partial charge in [-0.3, -0.25) is 4.79 Å². The Balaban J connectivity index is 1.64. The van der Waals surface area contributed by atoms with Crippen LogP contribution in [0.3, 0.4) is 0 Å². The lowest BCUT2D eigenvalue weighted by molar-refractivity contribution is -0.274. The SMILES string of the molecule is O=C(c1ccccc1-n1cccc1)N(Cc1ccc(Cl)cc1)Cc1ccc(OC(F)(F)F)cc1. The van der Waals surface area contributed by atoms with Gasteiger partial charge in [-0.2, -0.15) is 0 Å². The lowest BCUT2D eigenvalue weighted by Crippen LogP contribution is -2.31. The molecule has 0 aliphatic rings. The maximum atomic E-state index is 13.7. The van der Waals surface area contributed by atoms with Crippen LogP contribution in [0.15, 0.2) is 97.3 Å². The summed E-state index contributed by atoms with van der Waals surface area (Å²) in [7, 11) is 0. The third-order valence-electron chi connectivity index (χ3n) is 5.12. The minimum atomic E-state index is -4.76. The maximum absolute atomic E-state index is 13.7. The highest BCUT2D eigenvalue weighted by Gasteiger charge is 2.31. The number of rotatable bonds is 7. The lowest BCUT2D eigenvalue weighted by atomic mass is 10.1. The molecule has 3 aromatic carbocycles. The number of carbonyl (C=O) groups excluding carboxylic acids is 1. The second-order valence-corrected chi connectivity index (χ2v) is 8.02. The molecule has 0 spiro atoms. The van der Waals surface area contributed by atoms with Crippen LogP contribution in [0.2, 0.25) is 5.02 Å². The number of para-hydroxylation sites is 1. The van der Waals surface area contributed by atoms with Gasteiger partial charge in [0.2, 0.25) is 0 Å². The van der Waals surface area contributed by atoms with Crippen LogP contribution in [0.25, 0.3) is 5.69 Å². The molecule has 0 fully saturated rings. The van der Waals surface area contributed by atoms with Gasteiger partial charge in [0.05, 0.1) is 11.3 Å². The summed E-state index contributed by atoms with van der Waals surface area (Å²) in [4.78, 5) is 15.3. The minimum Gasteiger partial charge on any atom is -0.406 e. The molecule has 0 N–H and O–H groups in total. The van der Waals surface area contributed by atoms with Crippen molar-refractivity contribution >= 4 is 17.5 Å². The van der Waals surface area contributed by atoms with Gasteiger partial charge < -0.3 is 14.2 Å². The highest BCUT2D eigenvalue weighted by Crippen LogP contribution is 2.25. The fourth-order valence-corrected chi connectivity index (χ4v) is 3.70. The molecule has 0 aliphatic carbocycles. The van der Waals surface area contributed by atoms with E-state index in [1.807, 2.05) is 53.4 Å². The Morgan fingerprint density at radius 1 is 0.824 bits per heavy atom. The fraction of sp³-hybridized carbons (Fsp3) is 0.115. The molecule has 8 heteroatoms. The average Bonchev–Trinajstić information content (AvgIpc) is 3.35. The Hall–Kier alpha value is -3.71. The van der Waals surface area contributed by atoms with Crippen LogP contribution in [-0.2, 0) is 13.1 Å². The number of amides is 1. The van der Waals surface area contributed by atoms with Crippen molar-refractivity contribution in [2.75, 3.05) is 0 Å². The predicted molar refractivity (Wildman–Crippen MR) is 124 cm³/mol. The van der Waals surface area contributed by atoms with Gasteiger partial charge in [0, 0.05) is 30.5 Å². The summed E-state index contributed by atoms with van der Waals surface area (Å²) >= 11 is 6.00. The van der Waals surface area contributed by atoms with Gasteiger partial charge in [0.1, 0.15) is 5.75 Å². The number of benzene rings is 3. The van der Waals surface area contributed by atoms with Crippen molar-refractivity contribution in [3.05, 3.63) is 119 Å². The summed E-state index contributed by atoms with van der Waals surface area (Å²) in [6.45, 7) is 0.477. The van der Waals surface area contributed by atoms with E-state index in [2.05, 4.69) is 4.74 Å². The first-order chi connectivity index (χ1) is 16.3. The number of ether oxygens (including phenoxy) is 1. The van der Waals surface area contributed by atoms with Gasteiger partial charge in [-0.25, -0.2) is 0 Å². The van der Waals surface area contributed by atoms with Crippen LogP contribution in [-0.4, -0.2) is 21.7 Å². The van der Waals surface area contributed by atoms with Gasteiger partial charge in [-0.15, -0.1) is 13.2 Å². The first-order valence-electron chi connectivity index (χ1n) is 10.4. The number of hydrogen-bond acceptors (Lipinski definition) is 2. The highest BCUT2D eigenvalue weighted by molar-refractivity contribution is 6.30. The van der Waals surface area contributed by atoms with Gasteiger partial charge in [-0.1, -0.05) is 48.0 Å². The summed E-state index contributed by atoms with van der Waals surface area (Å²) in [6.07, 6.45) is -1.05. The number of alkyl halides is 3. The molecule has 0 saturated carbocycles. The molecular weight excluding hydrogens is 465 g/mol. The Morgan fingerprint density at radius 3 is 1.97 bits per heavy atom. The zero-order valence-corrected chi connectivity index (χ0v) is 18.6. The number of nitrogens with zero attached hydrogens (tertiary/aromatic N) is 2. The molecule has 4 rings (SSSR count). The third-order valence-corrected chi connectivity index (χ3v) is 5.37. The van der Waals surface area contributed by atoms with Gasteiger partial charge in [0.25, 0.3) is 5.91 Å². The van der Waals surface area contributed by atoms with Crippen molar-refractivity contribution < 1.29 is 22.7 Å². The first-order valence-corrected chi connectivity index (χ1v) is 10.8. The summed E-state index contributed by atoms with van der Waals surface area (Å²) in [5, 5.41) is 0.583. The number of aromatic nitrogens is 1. The summed E-state index contributed by atoms with van der Waals surface area (Å²) in [6, 6.07) is 23.7. The summed E-state index contributed by atoms with van der Waals surface area (Å²) in [5.74, 6) is -0.528. The van der Waals surface area contributed by atoms with Crippen molar-refractivity contribution in [1.82, 2.24) is 9.47 Å². The number of hydrogen-bond donors (Lipinski definition) is 0. The predicted octanol–water partition coefficient (Wildman–Crippen LogP) is 6.87. The van der Waals surface area contributed by atoms with E-state index in [1.54, 1.807) is 29.2 Å². The second kappa shape index (κ2) is 10.1. The zero-order chi connectivity index (χ0) is 24.1. The monoisotopic (exact) mass is 484 g/mol. The Kier molecular flexibility index (Phi) is 6.93. The molecule has 0 unspecified atom stereocenters. The van der Waals surface area contributed by atoms with E-state index in [-0.39, 0.29) is 24.7 Å². The van der Waals surface area contributed by atoms with E-state index >= 15 is 0 Å². The molecule has 0 saturated heterocycles. The first kappa shape index (κ1) is 23.4. The van der Waals surface area contributed by atoms with Crippen LogP contribution in [0, 0.1) is 0 Å². The summed E-state index contributed by atoms with van der Waals surface area (Å²) < 4.78 is 43.3. The Morgan fingerprint density at radius 2 is 1.38 bits per heavy atom.